The highest BCUT2D eigenvalue weighted by Crippen LogP contribution is 2.30. The van der Waals surface area contributed by atoms with Gasteiger partial charge in [-0.15, -0.1) is 0 Å². The summed E-state index contributed by atoms with van der Waals surface area (Å²) in [5.41, 5.74) is 11.2. The molecule has 0 aliphatic heterocycles. The molecule has 0 aromatic heterocycles. The second kappa shape index (κ2) is 6.48. The molecule has 5 N–H and O–H groups in total. The molecular formula is C12H17N3O4. The first-order valence-electron chi connectivity index (χ1n) is 5.57. The topological polar surface area (TPSA) is 117 Å². The summed E-state index contributed by atoms with van der Waals surface area (Å²) in [5.74, 6) is -0.113. The lowest BCUT2D eigenvalue weighted by Gasteiger charge is -2.12. The number of carbonyl (C=O) groups excluding carboxylic acids is 2. The first-order chi connectivity index (χ1) is 8.99. The van der Waals surface area contributed by atoms with E-state index in [1.54, 1.807) is 6.07 Å². The van der Waals surface area contributed by atoms with Gasteiger partial charge in [-0.1, -0.05) is 0 Å². The van der Waals surface area contributed by atoms with E-state index in [0.29, 0.717) is 11.5 Å². The number of methoxy groups -OCH3 is 2. The number of amides is 2. The number of nitrogens with two attached hydrogens (primary N) is 2. The lowest BCUT2D eigenvalue weighted by molar-refractivity contribution is -0.117. The van der Waals surface area contributed by atoms with Crippen LogP contribution in [0.25, 0.3) is 0 Å². The van der Waals surface area contributed by atoms with Crippen LogP contribution in [0.1, 0.15) is 16.8 Å². The normalized spacial score (nSPS) is 9.79. The Morgan fingerprint density at radius 1 is 1.26 bits per heavy atom. The molecule has 0 fully saturated rings. The van der Waals surface area contributed by atoms with Crippen LogP contribution in [-0.4, -0.2) is 32.6 Å². The highest BCUT2D eigenvalue weighted by atomic mass is 16.5. The fourth-order valence-electron chi connectivity index (χ4n) is 1.47. The van der Waals surface area contributed by atoms with Crippen LogP contribution in [0.3, 0.4) is 0 Å². The minimum atomic E-state index is -0.489. The Morgan fingerprint density at radius 3 is 2.47 bits per heavy atom. The van der Waals surface area contributed by atoms with Crippen LogP contribution < -0.4 is 26.3 Å². The van der Waals surface area contributed by atoms with Crippen molar-refractivity contribution in [1.29, 1.82) is 0 Å². The molecule has 1 aromatic rings. The van der Waals surface area contributed by atoms with Gasteiger partial charge in [0.05, 0.1) is 25.5 Å². The lowest BCUT2D eigenvalue weighted by Crippen LogP contribution is -2.28. The molecule has 19 heavy (non-hydrogen) atoms. The minimum absolute atomic E-state index is 0.0623. The standard InChI is InChI=1S/C12H17N3O4/c1-18-7-5-8(11(14)9(6-7)19-2)12(17)15-4-3-10(13)16/h5-6H,3-4,14H2,1-2H3,(H2,13,16)(H,15,17). The first kappa shape index (κ1) is 14.6. The van der Waals surface area contributed by atoms with Gasteiger partial charge in [-0.2, -0.15) is 0 Å². The quantitative estimate of drug-likeness (QED) is 0.622. The second-order valence-corrected chi connectivity index (χ2v) is 3.76. The van der Waals surface area contributed by atoms with Crippen molar-refractivity contribution in [3.8, 4) is 11.5 Å². The van der Waals surface area contributed by atoms with Gasteiger partial charge >= 0.3 is 0 Å². The van der Waals surface area contributed by atoms with E-state index in [9.17, 15) is 9.59 Å². The van der Waals surface area contributed by atoms with E-state index in [0.717, 1.165) is 0 Å². The van der Waals surface area contributed by atoms with E-state index in [1.165, 1.54) is 20.3 Å². The Morgan fingerprint density at radius 2 is 1.95 bits per heavy atom. The summed E-state index contributed by atoms with van der Waals surface area (Å²) in [7, 11) is 2.92. The number of anilines is 1. The third kappa shape index (κ3) is 3.77. The molecule has 2 amide bonds. The molecule has 0 spiro atoms. The summed E-state index contributed by atoms with van der Waals surface area (Å²) in [6.45, 7) is 0.146. The van der Waals surface area contributed by atoms with Crippen molar-refractivity contribution >= 4 is 17.5 Å². The molecule has 1 aromatic carbocycles. The molecule has 0 atom stereocenters. The average molecular weight is 267 g/mol. The Hall–Kier alpha value is -2.44. The summed E-state index contributed by atoms with van der Waals surface area (Å²) in [6.07, 6.45) is 0.0623. The van der Waals surface area contributed by atoms with Crippen molar-refractivity contribution in [3.05, 3.63) is 17.7 Å². The third-order valence-corrected chi connectivity index (χ3v) is 2.47. The zero-order valence-corrected chi connectivity index (χ0v) is 10.9. The van der Waals surface area contributed by atoms with Crippen LogP contribution >= 0.6 is 0 Å². The SMILES string of the molecule is COc1cc(OC)c(N)c(C(=O)NCCC(N)=O)c1. The molecule has 0 aliphatic rings. The van der Waals surface area contributed by atoms with Crippen LogP contribution in [0.2, 0.25) is 0 Å². The highest BCUT2D eigenvalue weighted by Gasteiger charge is 2.15. The summed E-state index contributed by atoms with van der Waals surface area (Å²) < 4.78 is 10.1. The predicted molar refractivity (Wildman–Crippen MR) is 70.1 cm³/mol. The van der Waals surface area contributed by atoms with Crippen LogP contribution in [-0.2, 0) is 4.79 Å². The Balaban J connectivity index is 2.91. The molecule has 0 radical (unpaired) electrons. The predicted octanol–water partition coefficient (Wildman–Crippen LogP) is -0.109. The average Bonchev–Trinajstić information content (AvgIpc) is 2.38. The first-order valence-corrected chi connectivity index (χ1v) is 5.57. The largest absolute Gasteiger partial charge is 0.497 e. The highest BCUT2D eigenvalue weighted by molar-refractivity contribution is 6.01. The van der Waals surface area contributed by atoms with Crippen LogP contribution in [0.15, 0.2) is 12.1 Å². The summed E-state index contributed by atoms with van der Waals surface area (Å²) in [5, 5.41) is 2.54. The summed E-state index contributed by atoms with van der Waals surface area (Å²) in [6, 6.07) is 3.08. The van der Waals surface area contributed by atoms with Crippen LogP contribution in [0, 0.1) is 0 Å². The van der Waals surface area contributed by atoms with Gasteiger partial charge < -0.3 is 26.3 Å². The van der Waals surface area contributed by atoms with Gasteiger partial charge in [-0.3, -0.25) is 9.59 Å². The Kier molecular flexibility index (Phi) is 4.99. The molecule has 0 saturated heterocycles. The van der Waals surface area contributed by atoms with E-state index in [1.807, 2.05) is 0 Å². The molecular weight excluding hydrogens is 250 g/mol. The van der Waals surface area contributed by atoms with Gasteiger partial charge in [0.1, 0.15) is 11.5 Å². The van der Waals surface area contributed by atoms with Gasteiger partial charge in [-0.05, 0) is 6.07 Å². The molecule has 1 rings (SSSR count). The lowest BCUT2D eigenvalue weighted by atomic mass is 10.1. The minimum Gasteiger partial charge on any atom is -0.497 e. The maximum Gasteiger partial charge on any atom is 0.253 e. The van der Waals surface area contributed by atoms with Crippen LogP contribution in [0.5, 0.6) is 11.5 Å². The molecule has 0 heterocycles. The van der Waals surface area contributed by atoms with Crippen molar-refractivity contribution in [1.82, 2.24) is 5.32 Å². The molecule has 7 nitrogen and oxygen atoms in total. The van der Waals surface area contributed by atoms with Crippen molar-refractivity contribution in [3.63, 3.8) is 0 Å². The number of nitrogen functional groups attached to an aromatic ring is 1. The monoisotopic (exact) mass is 267 g/mol. The second-order valence-electron chi connectivity index (χ2n) is 3.76. The molecule has 7 heteroatoms. The summed E-state index contributed by atoms with van der Waals surface area (Å²) >= 11 is 0. The fourth-order valence-corrected chi connectivity index (χ4v) is 1.47. The smallest absolute Gasteiger partial charge is 0.253 e. The van der Waals surface area contributed by atoms with Crippen molar-refractivity contribution in [2.45, 2.75) is 6.42 Å². The number of rotatable bonds is 6. The maximum atomic E-state index is 11.9. The van der Waals surface area contributed by atoms with Crippen molar-refractivity contribution in [2.24, 2.45) is 5.73 Å². The zero-order chi connectivity index (χ0) is 14.4. The van der Waals surface area contributed by atoms with Crippen LogP contribution in [0.4, 0.5) is 5.69 Å². The van der Waals surface area contributed by atoms with Gasteiger partial charge in [0.25, 0.3) is 5.91 Å². The number of nitrogens with one attached hydrogen (secondary N) is 1. The van der Waals surface area contributed by atoms with Gasteiger partial charge in [0, 0.05) is 19.0 Å². The number of primary amides is 1. The number of benzene rings is 1. The fraction of sp³-hybridized carbons (Fsp3) is 0.333. The third-order valence-electron chi connectivity index (χ3n) is 2.47. The molecule has 0 saturated carbocycles. The van der Waals surface area contributed by atoms with Crippen molar-refractivity contribution < 1.29 is 19.1 Å². The molecule has 0 unspecified atom stereocenters. The molecule has 104 valence electrons. The van der Waals surface area contributed by atoms with Gasteiger partial charge in [0.2, 0.25) is 5.91 Å². The summed E-state index contributed by atoms with van der Waals surface area (Å²) in [4.78, 5) is 22.5. The van der Waals surface area contributed by atoms with E-state index in [2.05, 4.69) is 5.32 Å². The van der Waals surface area contributed by atoms with Crippen molar-refractivity contribution in [2.75, 3.05) is 26.5 Å². The van der Waals surface area contributed by atoms with Gasteiger partial charge in [-0.25, -0.2) is 0 Å². The Bertz CT molecular complexity index is 488. The van der Waals surface area contributed by atoms with E-state index in [-0.39, 0.29) is 24.2 Å². The Labute approximate surface area is 110 Å². The van der Waals surface area contributed by atoms with E-state index < -0.39 is 11.8 Å². The maximum absolute atomic E-state index is 11.9. The number of hydrogen-bond donors (Lipinski definition) is 3. The zero-order valence-electron chi connectivity index (χ0n) is 10.9. The van der Waals surface area contributed by atoms with Gasteiger partial charge in [0.15, 0.2) is 0 Å². The number of ether oxygens (including phenoxy) is 2. The molecule has 0 aliphatic carbocycles. The molecule has 0 bridgehead atoms. The van der Waals surface area contributed by atoms with E-state index in [4.69, 9.17) is 20.9 Å². The number of hydrogen-bond acceptors (Lipinski definition) is 5. The van der Waals surface area contributed by atoms with E-state index >= 15 is 0 Å². The number of carbonyl (C=O) groups is 2.